The van der Waals surface area contributed by atoms with E-state index in [2.05, 4.69) is 0 Å². The first-order chi connectivity index (χ1) is 11.5. The first kappa shape index (κ1) is 21.6. The molecule has 0 spiro atoms. The monoisotopic (exact) mass is 474 g/mol. The molecule has 0 aromatic rings. The van der Waals surface area contributed by atoms with Gasteiger partial charge in [0.15, 0.2) is 5.41 Å². The number of fused-ring (bicyclic) bond motifs is 4. The van der Waals surface area contributed by atoms with E-state index in [1.54, 1.807) is 7.11 Å². The van der Waals surface area contributed by atoms with Gasteiger partial charge in [-0.05, 0) is 33.1 Å². The van der Waals surface area contributed by atoms with Crippen molar-refractivity contribution in [3.8, 4) is 0 Å². The molecule has 5 unspecified atom stereocenters. The molecule has 5 atom stereocenters. The predicted octanol–water partition coefficient (Wildman–Crippen LogP) is 2.24. The Hall–Kier alpha value is 0.941. The Morgan fingerprint density at radius 3 is 1.69 bits per heavy atom. The van der Waals surface area contributed by atoms with Gasteiger partial charge < -0.3 is 38.0 Å². The van der Waals surface area contributed by atoms with E-state index in [0.29, 0.717) is 0 Å². The van der Waals surface area contributed by atoms with Gasteiger partial charge in [0.1, 0.15) is 0 Å². The molecular formula is C11H30O9Si6. The zero-order chi connectivity index (χ0) is 19.9. The van der Waals surface area contributed by atoms with Crippen LogP contribution in [0.5, 0.6) is 0 Å². The van der Waals surface area contributed by atoms with E-state index in [4.69, 9.17) is 38.0 Å². The number of hydrogen-bond donors (Lipinski definition) is 0. The van der Waals surface area contributed by atoms with Crippen molar-refractivity contribution in [3.05, 3.63) is 0 Å². The van der Waals surface area contributed by atoms with Crippen LogP contribution < -0.4 is 0 Å². The minimum atomic E-state index is -3.26. The lowest BCUT2D eigenvalue weighted by Crippen LogP contribution is -2.72. The average molecular weight is 475 g/mol. The predicted molar refractivity (Wildman–Crippen MR) is 106 cm³/mol. The van der Waals surface area contributed by atoms with Crippen LogP contribution >= 0.6 is 0 Å². The third-order valence-corrected chi connectivity index (χ3v) is 28.7. The Kier molecular flexibility index (Phi) is 4.98. The van der Waals surface area contributed by atoms with Gasteiger partial charge in [-0.25, -0.2) is 0 Å². The standard InChI is InChI=1S/C11H30O9Si6/c1-11-13-22(5,6)16-26(10)18-23(7,12-2)17-24(8,14-11)19-25(9,20-26)15-21(11,3)4/h1-10H3. The average Bonchev–Trinajstić information content (AvgIpc) is 2.33. The zero-order valence-electron chi connectivity index (χ0n) is 17.2. The second-order valence-electron chi connectivity index (χ2n) is 8.33. The van der Waals surface area contributed by atoms with Crippen molar-refractivity contribution in [3.63, 3.8) is 0 Å². The van der Waals surface area contributed by atoms with Gasteiger partial charge in [-0.15, -0.1) is 0 Å². The molecule has 0 saturated carbocycles. The van der Waals surface area contributed by atoms with E-state index in [9.17, 15) is 0 Å². The van der Waals surface area contributed by atoms with Gasteiger partial charge in [-0.2, -0.15) is 0 Å². The molecule has 0 amide bonds. The first-order valence-electron chi connectivity index (χ1n) is 8.63. The van der Waals surface area contributed by atoms with Gasteiger partial charge in [0, 0.05) is 33.3 Å². The van der Waals surface area contributed by atoms with Crippen LogP contribution in [0.2, 0.25) is 52.4 Å². The van der Waals surface area contributed by atoms with Gasteiger partial charge >= 0.3 is 43.8 Å². The fourth-order valence-electron chi connectivity index (χ4n) is 3.75. The van der Waals surface area contributed by atoms with Crippen LogP contribution in [0.1, 0.15) is 6.92 Å². The lowest BCUT2D eigenvalue weighted by molar-refractivity contribution is -0.0962. The Bertz CT molecular complexity index is 611. The van der Waals surface area contributed by atoms with Crippen LogP contribution in [-0.2, 0) is 38.0 Å². The highest BCUT2D eigenvalue weighted by Gasteiger charge is 2.72. The van der Waals surface area contributed by atoms with Crippen molar-refractivity contribution in [2.75, 3.05) is 7.11 Å². The smallest absolute Gasteiger partial charge is 0.411 e. The van der Waals surface area contributed by atoms with Crippen molar-refractivity contribution < 1.29 is 38.0 Å². The maximum Gasteiger partial charge on any atom is 0.484 e. The second kappa shape index (κ2) is 5.98. The molecule has 15 heteroatoms. The molecular weight excluding hydrogens is 445 g/mol. The van der Waals surface area contributed by atoms with Crippen LogP contribution in [-0.4, -0.2) is 64.6 Å². The zero-order valence-corrected chi connectivity index (χ0v) is 23.2. The van der Waals surface area contributed by atoms with E-state index in [-0.39, 0.29) is 0 Å². The Morgan fingerprint density at radius 1 is 0.615 bits per heavy atom. The highest BCUT2D eigenvalue weighted by atomic mass is 28.6. The normalized spacial score (nSPS) is 53.3. The van der Waals surface area contributed by atoms with E-state index < -0.39 is 57.5 Å². The molecule has 3 heterocycles. The Morgan fingerprint density at radius 2 is 1.12 bits per heavy atom. The molecule has 3 rings (SSSR count). The third-order valence-electron chi connectivity index (χ3n) is 4.64. The Labute approximate surface area is 162 Å². The van der Waals surface area contributed by atoms with Crippen LogP contribution in [0.3, 0.4) is 0 Å². The maximum atomic E-state index is 6.54. The molecule has 3 aliphatic heterocycles. The van der Waals surface area contributed by atoms with Crippen molar-refractivity contribution in [1.82, 2.24) is 0 Å². The van der Waals surface area contributed by atoms with E-state index in [1.807, 2.05) is 59.3 Å². The fourth-order valence-corrected chi connectivity index (χ4v) is 33.1. The summed E-state index contributed by atoms with van der Waals surface area (Å²) in [5.74, 6) is 0. The molecule has 26 heavy (non-hydrogen) atoms. The SMILES string of the molecule is CO[Si]1(C)O[Si]2(C)OC3(C)O[Si](C)(C)O[Si](C)(O1)O[Si](C)(O2)O[Si]3(C)C. The summed E-state index contributed by atoms with van der Waals surface area (Å²) in [4.78, 5) is 0. The molecule has 3 aliphatic rings. The molecule has 152 valence electrons. The molecule has 0 aromatic carbocycles. The summed E-state index contributed by atoms with van der Waals surface area (Å²) in [6, 6.07) is 0. The highest BCUT2D eigenvalue weighted by molar-refractivity contribution is 6.95. The quantitative estimate of drug-likeness (QED) is 0.531. The van der Waals surface area contributed by atoms with Gasteiger partial charge in [0.05, 0.1) is 0 Å². The van der Waals surface area contributed by atoms with Crippen LogP contribution in [0, 0.1) is 0 Å². The molecule has 0 N–H and O–H groups in total. The van der Waals surface area contributed by atoms with Gasteiger partial charge in [-0.3, -0.25) is 0 Å². The summed E-state index contributed by atoms with van der Waals surface area (Å²) in [6.45, 7) is 17.3. The number of hydrogen-bond acceptors (Lipinski definition) is 9. The van der Waals surface area contributed by atoms with E-state index in [1.165, 1.54) is 0 Å². The van der Waals surface area contributed by atoms with Gasteiger partial charge in [0.25, 0.3) is 0 Å². The van der Waals surface area contributed by atoms with Crippen LogP contribution in [0.4, 0.5) is 0 Å². The summed E-state index contributed by atoms with van der Waals surface area (Å²) in [6.07, 6.45) is 0. The summed E-state index contributed by atoms with van der Waals surface area (Å²) >= 11 is 0. The first-order valence-corrected chi connectivity index (χ1v) is 23.3. The molecule has 9 nitrogen and oxygen atoms in total. The molecule has 4 bridgehead atoms. The molecule has 3 fully saturated rings. The number of rotatable bonds is 1. The summed E-state index contributed by atoms with van der Waals surface area (Å²) in [5.41, 5.74) is -1.00. The molecule has 3 saturated heterocycles. The third kappa shape index (κ3) is 3.85. The second-order valence-corrected chi connectivity index (χ2v) is 27.7. The molecule has 0 radical (unpaired) electrons. The minimum Gasteiger partial charge on any atom is -0.411 e. The lowest BCUT2D eigenvalue weighted by Gasteiger charge is -2.50. The van der Waals surface area contributed by atoms with Crippen molar-refractivity contribution in [2.24, 2.45) is 0 Å². The summed E-state index contributed by atoms with van der Waals surface area (Å²) in [7, 11) is -16.5. The topological polar surface area (TPSA) is 83.1 Å². The maximum absolute atomic E-state index is 6.54. The lowest BCUT2D eigenvalue weighted by atomic mass is 10.8. The van der Waals surface area contributed by atoms with E-state index in [0.717, 1.165) is 0 Å². The van der Waals surface area contributed by atoms with Crippen LogP contribution in [0.25, 0.3) is 0 Å². The van der Waals surface area contributed by atoms with E-state index >= 15 is 0 Å². The van der Waals surface area contributed by atoms with Gasteiger partial charge in [0.2, 0.25) is 8.32 Å². The largest absolute Gasteiger partial charge is 0.484 e. The fraction of sp³-hybridized carbons (Fsp3) is 1.00. The summed E-state index contributed by atoms with van der Waals surface area (Å²) in [5, 5.41) is 0. The molecule has 0 aliphatic carbocycles. The van der Waals surface area contributed by atoms with Crippen molar-refractivity contribution in [1.29, 1.82) is 0 Å². The minimum absolute atomic E-state index is 1.00. The Balaban J connectivity index is 2.26. The molecule has 0 aromatic heterocycles. The van der Waals surface area contributed by atoms with Gasteiger partial charge in [-0.1, -0.05) is 0 Å². The highest BCUT2D eigenvalue weighted by Crippen LogP contribution is 2.46. The van der Waals surface area contributed by atoms with Crippen molar-refractivity contribution >= 4 is 52.1 Å². The van der Waals surface area contributed by atoms with Crippen molar-refractivity contribution in [2.45, 2.75) is 64.7 Å². The van der Waals surface area contributed by atoms with Crippen LogP contribution in [0.15, 0.2) is 0 Å². The summed E-state index contributed by atoms with van der Waals surface area (Å²) < 4.78 is 57.2.